The summed E-state index contributed by atoms with van der Waals surface area (Å²) in [5.41, 5.74) is 13.0. The minimum Gasteiger partial charge on any atom is -0.426 e. The molecule has 416 valence electrons. The lowest BCUT2D eigenvalue weighted by molar-refractivity contribution is 0.344. The Bertz CT molecular complexity index is 2310. The molecule has 4 aromatic carbocycles. The third-order valence-electron chi connectivity index (χ3n) is 14.7. The van der Waals surface area contributed by atoms with E-state index < -0.39 is 34.1 Å². The highest BCUT2D eigenvalue weighted by molar-refractivity contribution is 7.46. The van der Waals surface area contributed by atoms with E-state index in [4.69, 9.17) is 36.2 Å². The van der Waals surface area contributed by atoms with Gasteiger partial charge < -0.3 is 55.8 Å². The van der Waals surface area contributed by atoms with Crippen LogP contribution in [0.25, 0.3) is 0 Å². The van der Waals surface area contributed by atoms with E-state index in [9.17, 15) is 0 Å². The molecule has 16 nitrogen and oxygen atoms in total. The number of hydrogen-bond acceptors (Lipinski definition) is 16. The van der Waals surface area contributed by atoms with Crippen LogP contribution in [0.15, 0.2) is 24.3 Å². The maximum absolute atomic E-state index is 7.52. The van der Waals surface area contributed by atoms with Gasteiger partial charge in [0.05, 0.1) is 22.3 Å². The van der Waals surface area contributed by atoms with Gasteiger partial charge in [-0.05, 0) is 163 Å². The molecule has 0 spiro atoms. The summed E-state index contributed by atoms with van der Waals surface area (Å²) in [6.45, 7) is 11.5. The summed E-state index contributed by atoms with van der Waals surface area (Å²) in [7, 11) is 26.4. The molecule has 0 amide bonds. The number of benzene rings is 4. The monoisotopic (exact) mass is 1120 g/mol. The van der Waals surface area contributed by atoms with Crippen molar-refractivity contribution in [2.24, 2.45) is 0 Å². The number of hydrogen-bond donors (Lipinski definition) is 0. The maximum Gasteiger partial charge on any atom is 0.384 e. The molecule has 20 heteroatoms. The summed E-state index contributed by atoms with van der Waals surface area (Å²) in [5.74, 6) is 5.87. The van der Waals surface area contributed by atoms with Gasteiger partial charge in [0.2, 0.25) is 0 Å². The fourth-order valence-corrected chi connectivity index (χ4v) is 16.0. The third kappa shape index (κ3) is 10.5. The van der Waals surface area contributed by atoms with Crippen molar-refractivity contribution in [3.8, 4) is 46.0 Å². The van der Waals surface area contributed by atoms with Crippen LogP contribution >= 0.6 is 34.1 Å². The zero-order valence-electron chi connectivity index (χ0n) is 48.9. The lowest BCUT2D eigenvalue weighted by Crippen LogP contribution is -2.26. The van der Waals surface area contributed by atoms with Crippen LogP contribution in [0.5, 0.6) is 46.0 Å². The number of nitrogens with zero attached hydrogens (tertiary/aromatic N) is 8. The molecule has 0 N–H and O–H groups in total. The molecule has 0 unspecified atom stereocenters. The average molecular weight is 1120 g/mol. The zero-order valence-corrected chi connectivity index (χ0v) is 52.5. The highest BCUT2D eigenvalue weighted by Gasteiger charge is 2.46. The summed E-state index contributed by atoms with van der Waals surface area (Å²) >= 11 is 0. The average Bonchev–Trinajstić information content (AvgIpc) is 3.31. The molecule has 0 radical (unpaired) electrons. The van der Waals surface area contributed by atoms with E-state index in [2.05, 4.69) is 147 Å². The van der Waals surface area contributed by atoms with E-state index in [0.29, 0.717) is 26.2 Å². The predicted molar refractivity (Wildman–Crippen MR) is 311 cm³/mol. The first-order chi connectivity index (χ1) is 36.1. The Kier molecular flexibility index (Phi) is 17.4. The summed E-state index contributed by atoms with van der Waals surface area (Å²) in [6.07, 6.45) is 3.11. The molecule has 4 heterocycles. The van der Waals surface area contributed by atoms with Gasteiger partial charge in [0, 0.05) is 94.4 Å². The summed E-state index contributed by atoms with van der Waals surface area (Å²) in [6, 6.07) is 9.80. The van der Waals surface area contributed by atoms with Crippen molar-refractivity contribution in [1.82, 2.24) is 38.3 Å². The Morgan fingerprint density at radius 3 is 0.526 bits per heavy atom. The van der Waals surface area contributed by atoms with Crippen molar-refractivity contribution < 1.29 is 36.2 Å². The Morgan fingerprint density at radius 2 is 0.421 bits per heavy atom. The van der Waals surface area contributed by atoms with E-state index in [0.717, 1.165) is 138 Å². The van der Waals surface area contributed by atoms with Gasteiger partial charge in [0.1, 0.15) is 46.0 Å². The van der Waals surface area contributed by atoms with Crippen LogP contribution in [-0.4, -0.2) is 151 Å². The van der Waals surface area contributed by atoms with Crippen molar-refractivity contribution in [3.63, 3.8) is 0 Å². The Morgan fingerprint density at radius 1 is 0.276 bits per heavy atom. The fraction of sp³-hybridized carbons (Fsp3) is 0.571. The van der Waals surface area contributed by atoms with Gasteiger partial charge in [0.15, 0.2) is 0 Å². The predicted octanol–water partition coefficient (Wildman–Crippen LogP) is 12.7. The van der Waals surface area contributed by atoms with Crippen LogP contribution in [0.1, 0.15) is 144 Å². The molecule has 8 bridgehead atoms. The Balaban J connectivity index is 1.58. The van der Waals surface area contributed by atoms with E-state index in [1.54, 1.807) is 0 Å². The van der Waals surface area contributed by atoms with Crippen molar-refractivity contribution in [2.45, 2.75) is 103 Å². The largest absolute Gasteiger partial charge is 0.426 e. The molecule has 0 atom stereocenters. The first-order valence-corrected chi connectivity index (χ1v) is 31.3. The SMILES string of the molecule is CCC1c2cc3c4c(CN(C)C)c2OP(N(C)C)Oc2c1cc1c(c2CN(C)C)OP(N(C)C)Oc2c(cc5c(c2CN(C)C)OP(N(C)C)Oc2c(cc(c(c2CN(C)C)OP(N(C)C)O4)C3CC)C5CC)C1CC. The van der Waals surface area contributed by atoms with Crippen LogP contribution in [-0.2, 0) is 26.2 Å². The van der Waals surface area contributed by atoms with Gasteiger partial charge in [-0.1, -0.05) is 27.7 Å². The van der Waals surface area contributed by atoms with Crippen molar-refractivity contribution in [2.75, 3.05) is 113 Å². The second-order valence-corrected chi connectivity index (χ2v) is 29.2. The van der Waals surface area contributed by atoms with Gasteiger partial charge >= 0.3 is 34.1 Å². The van der Waals surface area contributed by atoms with Crippen LogP contribution in [0.4, 0.5) is 0 Å². The third-order valence-corrected chi connectivity index (χ3v) is 20.1. The minimum absolute atomic E-state index is 0.149. The Labute approximate surface area is 459 Å². The highest BCUT2D eigenvalue weighted by atomic mass is 31.2. The van der Waals surface area contributed by atoms with Gasteiger partial charge in [-0.15, -0.1) is 0 Å². The van der Waals surface area contributed by atoms with Gasteiger partial charge in [0.25, 0.3) is 0 Å². The maximum atomic E-state index is 7.52. The molecular weight excluding hydrogens is 1040 g/mol. The second-order valence-electron chi connectivity index (χ2n) is 22.6. The van der Waals surface area contributed by atoms with Crippen LogP contribution < -0.4 is 36.2 Å². The summed E-state index contributed by atoms with van der Waals surface area (Å²) in [4.78, 5) is 8.89. The van der Waals surface area contributed by atoms with Crippen LogP contribution in [0.3, 0.4) is 0 Å². The normalized spacial score (nSPS) is 23.1. The van der Waals surface area contributed by atoms with E-state index in [1.807, 2.05) is 56.4 Å². The minimum atomic E-state index is -1.73. The van der Waals surface area contributed by atoms with E-state index in [-0.39, 0.29) is 23.7 Å². The summed E-state index contributed by atoms with van der Waals surface area (Å²) in [5, 5.41) is 0. The quantitative estimate of drug-likeness (QED) is 0.0994. The first kappa shape index (κ1) is 57.4. The zero-order chi connectivity index (χ0) is 54.9. The first-order valence-electron chi connectivity index (χ1n) is 26.8. The Hall–Kier alpha value is -3.32. The molecular formula is C56H84N8O8P4. The molecule has 4 aliphatic heterocycles. The standard InChI is InChI=1S/C56H84N8O8P4/c1-21-33-37-25-39-34(22-2)41-27-43-36(24-4)44-28-42-35(23-3)40-26-38(33)50-46(30-58(7)8)52(40)68-75(63(17)18)70-54(42)48(32-60(11)12)56(44)72-76(64(19)20)71-55(43)47(31-59(9)10)53(41)69-74(62(15)16)67-51(39)45(29-57(5)6)49(37)65-73(66-50)61(13)14/h25-28,33-36H,21-24,29-32H2,1-20H3. The van der Waals surface area contributed by atoms with Gasteiger partial charge in [-0.3, -0.25) is 0 Å². The number of rotatable bonds is 16. The molecule has 0 aromatic heterocycles. The topological polar surface area (TPSA) is 99.8 Å². The van der Waals surface area contributed by atoms with Gasteiger partial charge in [-0.25, -0.2) is 18.7 Å². The van der Waals surface area contributed by atoms with E-state index >= 15 is 0 Å². The van der Waals surface area contributed by atoms with Crippen molar-refractivity contribution >= 4 is 34.1 Å². The van der Waals surface area contributed by atoms with Crippen LogP contribution in [0.2, 0.25) is 0 Å². The lowest BCUT2D eigenvalue weighted by atomic mass is 9.75. The summed E-state index contributed by atoms with van der Waals surface area (Å²) < 4.78 is 68.5. The molecule has 5 aliphatic rings. The smallest absolute Gasteiger partial charge is 0.384 e. The molecule has 0 saturated carbocycles. The molecule has 0 fully saturated rings. The van der Waals surface area contributed by atoms with Crippen molar-refractivity contribution in [1.29, 1.82) is 0 Å². The molecule has 4 aromatic rings. The van der Waals surface area contributed by atoms with Crippen molar-refractivity contribution in [3.05, 3.63) is 91.0 Å². The van der Waals surface area contributed by atoms with E-state index in [1.165, 1.54) is 0 Å². The lowest BCUT2D eigenvalue weighted by Gasteiger charge is -2.41. The second kappa shape index (κ2) is 23.0. The molecule has 76 heavy (non-hydrogen) atoms. The molecule has 9 rings (SSSR count). The van der Waals surface area contributed by atoms with Crippen LogP contribution in [0, 0.1) is 0 Å². The molecule has 0 saturated heterocycles. The highest BCUT2D eigenvalue weighted by Crippen LogP contribution is 2.66. The molecule has 1 aliphatic carbocycles. The fourth-order valence-electron chi connectivity index (χ4n) is 11.6. The van der Waals surface area contributed by atoms with Gasteiger partial charge in [-0.2, -0.15) is 0 Å².